The van der Waals surface area contributed by atoms with Crippen LogP contribution in [-0.4, -0.2) is 24.0 Å². The highest BCUT2D eigenvalue weighted by Crippen LogP contribution is 2.44. The Balaban J connectivity index is 1.78. The van der Waals surface area contributed by atoms with E-state index >= 15 is 0 Å². The van der Waals surface area contributed by atoms with Gasteiger partial charge in [-0.25, -0.2) is 0 Å². The summed E-state index contributed by atoms with van der Waals surface area (Å²) in [6.45, 7) is 6.15. The van der Waals surface area contributed by atoms with Crippen molar-refractivity contribution in [3.63, 3.8) is 0 Å². The molecule has 2 unspecified atom stereocenters. The molecule has 0 saturated heterocycles. The predicted molar refractivity (Wildman–Crippen MR) is 69.7 cm³/mol. The van der Waals surface area contributed by atoms with Gasteiger partial charge in [0.15, 0.2) is 0 Å². The summed E-state index contributed by atoms with van der Waals surface area (Å²) in [4.78, 5) is 12.0. The minimum atomic E-state index is -0.0461. The summed E-state index contributed by atoms with van der Waals surface area (Å²) in [5.41, 5.74) is 0. The zero-order valence-electron chi connectivity index (χ0n) is 11.3. The maximum Gasteiger partial charge on any atom is 0.237 e. The third-order valence-corrected chi connectivity index (χ3v) is 4.10. The molecule has 0 heterocycles. The van der Waals surface area contributed by atoms with Crippen molar-refractivity contribution < 1.29 is 4.79 Å². The largest absolute Gasteiger partial charge is 0.352 e. The lowest BCUT2D eigenvalue weighted by Crippen LogP contribution is -2.50. The molecule has 2 saturated carbocycles. The van der Waals surface area contributed by atoms with Crippen LogP contribution in [0.3, 0.4) is 0 Å². The molecule has 2 aliphatic rings. The van der Waals surface area contributed by atoms with Gasteiger partial charge in [-0.05, 0) is 57.8 Å². The summed E-state index contributed by atoms with van der Waals surface area (Å²) in [7, 11) is 0. The Bertz CT molecular complexity index is 259. The molecule has 2 atom stereocenters. The smallest absolute Gasteiger partial charge is 0.237 e. The number of carbonyl (C=O) groups excluding carboxylic acids is 1. The first kappa shape index (κ1) is 12.9. The van der Waals surface area contributed by atoms with Crippen LogP contribution in [0.25, 0.3) is 0 Å². The maximum absolute atomic E-state index is 12.0. The number of hydrogen-bond donors (Lipinski definition) is 2. The van der Waals surface area contributed by atoms with Crippen LogP contribution >= 0.6 is 0 Å². The highest BCUT2D eigenvalue weighted by molar-refractivity contribution is 5.81. The summed E-state index contributed by atoms with van der Waals surface area (Å²) < 4.78 is 0. The van der Waals surface area contributed by atoms with E-state index < -0.39 is 0 Å². The second-order valence-electron chi connectivity index (χ2n) is 5.91. The van der Waals surface area contributed by atoms with Gasteiger partial charge in [-0.1, -0.05) is 6.92 Å². The Morgan fingerprint density at radius 1 is 1.18 bits per heavy atom. The van der Waals surface area contributed by atoms with Crippen LogP contribution in [0.2, 0.25) is 0 Å². The Kier molecular flexibility index (Phi) is 4.08. The maximum atomic E-state index is 12.0. The van der Waals surface area contributed by atoms with Crippen molar-refractivity contribution in [1.82, 2.24) is 10.6 Å². The first-order chi connectivity index (χ1) is 8.11. The van der Waals surface area contributed by atoms with E-state index in [2.05, 4.69) is 24.5 Å². The fourth-order valence-corrected chi connectivity index (χ4v) is 2.40. The molecule has 0 aromatic rings. The van der Waals surface area contributed by atoms with Gasteiger partial charge in [-0.2, -0.15) is 0 Å². The fraction of sp³-hybridized carbons (Fsp3) is 0.929. The Labute approximate surface area is 105 Å². The highest BCUT2D eigenvalue weighted by atomic mass is 16.2. The van der Waals surface area contributed by atoms with Crippen LogP contribution in [0.1, 0.15) is 52.9 Å². The number of nitrogens with one attached hydrogen (secondary N) is 2. The topological polar surface area (TPSA) is 41.1 Å². The van der Waals surface area contributed by atoms with Gasteiger partial charge in [0.2, 0.25) is 5.91 Å². The number of carbonyl (C=O) groups is 1. The van der Waals surface area contributed by atoms with Crippen molar-refractivity contribution in [3.05, 3.63) is 0 Å². The van der Waals surface area contributed by atoms with Crippen LogP contribution in [0, 0.1) is 11.8 Å². The van der Waals surface area contributed by atoms with Gasteiger partial charge in [0.05, 0.1) is 6.04 Å². The molecule has 1 amide bonds. The molecule has 0 aliphatic heterocycles. The summed E-state index contributed by atoms with van der Waals surface area (Å²) in [6, 6.07) is 0.843. The van der Waals surface area contributed by atoms with Crippen LogP contribution in [0.5, 0.6) is 0 Å². The SMILES string of the molecule is CCC(C)NC(=O)C(C)NC(C1CC1)C1CC1. The van der Waals surface area contributed by atoms with E-state index in [0.717, 1.165) is 18.3 Å². The monoisotopic (exact) mass is 238 g/mol. The van der Waals surface area contributed by atoms with E-state index in [1.165, 1.54) is 25.7 Å². The third-order valence-electron chi connectivity index (χ3n) is 4.10. The van der Waals surface area contributed by atoms with E-state index in [4.69, 9.17) is 0 Å². The predicted octanol–water partition coefficient (Wildman–Crippen LogP) is 2.07. The van der Waals surface area contributed by atoms with E-state index in [0.29, 0.717) is 6.04 Å². The normalized spacial score (nSPS) is 23.5. The van der Waals surface area contributed by atoms with E-state index in [1.807, 2.05) is 6.92 Å². The lowest BCUT2D eigenvalue weighted by atomic mass is 10.1. The molecule has 2 aliphatic carbocycles. The molecule has 2 rings (SSSR count). The summed E-state index contributed by atoms with van der Waals surface area (Å²) in [5.74, 6) is 1.85. The summed E-state index contributed by atoms with van der Waals surface area (Å²) in [5, 5.41) is 6.61. The van der Waals surface area contributed by atoms with Crippen molar-refractivity contribution in [2.24, 2.45) is 11.8 Å². The van der Waals surface area contributed by atoms with Crippen molar-refractivity contribution in [1.29, 1.82) is 0 Å². The Hall–Kier alpha value is -0.570. The molecule has 17 heavy (non-hydrogen) atoms. The molecule has 0 spiro atoms. The van der Waals surface area contributed by atoms with E-state index in [9.17, 15) is 4.79 Å². The zero-order chi connectivity index (χ0) is 12.4. The van der Waals surface area contributed by atoms with Crippen molar-refractivity contribution in [2.45, 2.75) is 71.0 Å². The van der Waals surface area contributed by atoms with Gasteiger partial charge in [-0.15, -0.1) is 0 Å². The van der Waals surface area contributed by atoms with E-state index in [-0.39, 0.29) is 18.0 Å². The quantitative estimate of drug-likeness (QED) is 0.713. The van der Waals surface area contributed by atoms with Gasteiger partial charge >= 0.3 is 0 Å². The standard InChI is InChI=1S/C14H26N2O/c1-4-9(2)15-14(17)10(3)16-13(11-5-6-11)12-7-8-12/h9-13,16H,4-8H2,1-3H3,(H,15,17). The molecule has 0 radical (unpaired) electrons. The van der Waals surface area contributed by atoms with Gasteiger partial charge in [0.1, 0.15) is 0 Å². The zero-order valence-corrected chi connectivity index (χ0v) is 11.3. The van der Waals surface area contributed by atoms with Crippen molar-refractivity contribution >= 4 is 5.91 Å². The molecular weight excluding hydrogens is 212 g/mol. The molecule has 2 N–H and O–H groups in total. The van der Waals surface area contributed by atoms with Crippen LogP contribution in [0.15, 0.2) is 0 Å². The minimum Gasteiger partial charge on any atom is -0.352 e. The molecule has 3 nitrogen and oxygen atoms in total. The summed E-state index contributed by atoms with van der Waals surface area (Å²) in [6.07, 6.45) is 6.41. The van der Waals surface area contributed by atoms with Crippen LogP contribution in [0.4, 0.5) is 0 Å². The number of rotatable bonds is 7. The average molecular weight is 238 g/mol. The van der Waals surface area contributed by atoms with Gasteiger partial charge < -0.3 is 10.6 Å². The Morgan fingerprint density at radius 3 is 2.12 bits per heavy atom. The molecule has 0 aromatic heterocycles. The molecule has 0 bridgehead atoms. The van der Waals surface area contributed by atoms with Crippen LogP contribution < -0.4 is 10.6 Å². The lowest BCUT2D eigenvalue weighted by molar-refractivity contribution is -0.123. The highest BCUT2D eigenvalue weighted by Gasteiger charge is 2.42. The lowest BCUT2D eigenvalue weighted by Gasteiger charge is -2.24. The van der Waals surface area contributed by atoms with E-state index in [1.54, 1.807) is 0 Å². The van der Waals surface area contributed by atoms with Crippen molar-refractivity contribution in [2.75, 3.05) is 0 Å². The molecular formula is C14H26N2O. The number of hydrogen-bond acceptors (Lipinski definition) is 2. The summed E-state index contributed by atoms with van der Waals surface area (Å²) >= 11 is 0. The van der Waals surface area contributed by atoms with Gasteiger partial charge in [-0.3, -0.25) is 4.79 Å². The molecule has 0 aromatic carbocycles. The fourth-order valence-electron chi connectivity index (χ4n) is 2.40. The third kappa shape index (κ3) is 3.70. The Morgan fingerprint density at radius 2 is 1.71 bits per heavy atom. The van der Waals surface area contributed by atoms with Gasteiger partial charge in [0, 0.05) is 12.1 Å². The first-order valence-electron chi connectivity index (χ1n) is 7.18. The second kappa shape index (κ2) is 5.38. The molecule has 3 heteroatoms. The minimum absolute atomic E-state index is 0.0461. The number of amides is 1. The second-order valence-corrected chi connectivity index (χ2v) is 5.91. The molecule has 98 valence electrons. The first-order valence-corrected chi connectivity index (χ1v) is 7.18. The van der Waals surface area contributed by atoms with Crippen LogP contribution in [-0.2, 0) is 4.79 Å². The average Bonchev–Trinajstić information content (AvgIpc) is 3.17. The van der Waals surface area contributed by atoms with Gasteiger partial charge in [0.25, 0.3) is 0 Å². The molecule has 2 fully saturated rings. The van der Waals surface area contributed by atoms with Crippen molar-refractivity contribution in [3.8, 4) is 0 Å².